The second-order valence-electron chi connectivity index (χ2n) is 4.89. The average Bonchev–Trinajstić information content (AvgIpc) is 2.43. The topological polar surface area (TPSA) is 81.8 Å². The molecule has 0 amide bonds. The van der Waals surface area contributed by atoms with Crippen molar-refractivity contribution < 1.29 is 19.4 Å². The molecule has 5 nitrogen and oxygen atoms in total. The lowest BCUT2D eigenvalue weighted by atomic mass is 10.1. The molecule has 1 aromatic rings. The highest BCUT2D eigenvalue weighted by Gasteiger charge is 2.32. The fraction of sp³-hybridized carbons (Fsp3) is 0.500. The third-order valence-electron chi connectivity index (χ3n) is 3.10. The van der Waals surface area contributed by atoms with Gasteiger partial charge in [0.15, 0.2) is 0 Å². The monoisotopic (exact) mass is 299 g/mol. The quantitative estimate of drug-likeness (QED) is 0.802. The number of carboxylic acid groups (broad SMARTS) is 1. The molecule has 112 valence electrons. The number of benzene rings is 1. The van der Waals surface area contributed by atoms with Gasteiger partial charge < -0.3 is 20.3 Å². The third kappa shape index (κ3) is 4.05. The van der Waals surface area contributed by atoms with Crippen molar-refractivity contribution in [3.05, 3.63) is 23.8 Å². The summed E-state index contributed by atoms with van der Waals surface area (Å²) in [7, 11) is 3.20. The van der Waals surface area contributed by atoms with Crippen LogP contribution in [0.4, 0.5) is 0 Å². The van der Waals surface area contributed by atoms with E-state index in [0.29, 0.717) is 5.75 Å². The van der Waals surface area contributed by atoms with E-state index in [0.717, 1.165) is 17.1 Å². The van der Waals surface area contributed by atoms with E-state index in [2.05, 4.69) is 0 Å². The van der Waals surface area contributed by atoms with Crippen LogP contribution in [-0.4, -0.2) is 36.1 Å². The molecule has 0 spiro atoms. The maximum atomic E-state index is 11.0. The van der Waals surface area contributed by atoms with Crippen molar-refractivity contribution in [3.8, 4) is 11.5 Å². The minimum Gasteiger partial charge on any atom is -0.497 e. The van der Waals surface area contributed by atoms with Crippen LogP contribution in [0.5, 0.6) is 11.5 Å². The molecule has 0 aliphatic rings. The van der Waals surface area contributed by atoms with Crippen LogP contribution in [0.1, 0.15) is 19.4 Å². The standard InChI is InChI=1S/C14H21NO4S/c1-14(2,12(15)13(16)17)20-8-9-7-10(18-3)5-6-11(9)19-4/h5-7,12H,8,15H2,1-4H3,(H,16,17)/t12-/m1/s1. The summed E-state index contributed by atoms with van der Waals surface area (Å²) in [5.41, 5.74) is 6.66. The van der Waals surface area contributed by atoms with Gasteiger partial charge in [-0.3, -0.25) is 4.79 Å². The predicted octanol–water partition coefficient (Wildman–Crippen LogP) is 2.13. The summed E-state index contributed by atoms with van der Waals surface area (Å²) in [6.45, 7) is 3.65. The molecule has 1 atom stereocenters. The molecule has 0 unspecified atom stereocenters. The lowest BCUT2D eigenvalue weighted by Gasteiger charge is -2.28. The smallest absolute Gasteiger partial charge is 0.321 e. The van der Waals surface area contributed by atoms with Crippen LogP contribution in [0, 0.1) is 0 Å². The van der Waals surface area contributed by atoms with Gasteiger partial charge in [0, 0.05) is 16.1 Å². The first-order valence-corrected chi connectivity index (χ1v) is 7.13. The highest BCUT2D eigenvalue weighted by molar-refractivity contribution is 7.99. The molecule has 20 heavy (non-hydrogen) atoms. The van der Waals surface area contributed by atoms with Crippen molar-refractivity contribution in [1.29, 1.82) is 0 Å². The molecule has 0 radical (unpaired) electrons. The van der Waals surface area contributed by atoms with E-state index in [1.54, 1.807) is 14.2 Å². The highest BCUT2D eigenvalue weighted by atomic mass is 32.2. The van der Waals surface area contributed by atoms with Crippen molar-refractivity contribution in [2.75, 3.05) is 14.2 Å². The van der Waals surface area contributed by atoms with Gasteiger partial charge >= 0.3 is 5.97 Å². The lowest BCUT2D eigenvalue weighted by molar-refractivity contribution is -0.139. The minimum absolute atomic E-state index is 0.583. The van der Waals surface area contributed by atoms with Crippen LogP contribution < -0.4 is 15.2 Å². The fourth-order valence-corrected chi connectivity index (χ4v) is 2.68. The lowest BCUT2D eigenvalue weighted by Crippen LogP contribution is -2.46. The van der Waals surface area contributed by atoms with E-state index in [4.69, 9.17) is 20.3 Å². The molecule has 3 N–H and O–H groups in total. The van der Waals surface area contributed by atoms with Crippen LogP contribution in [0.15, 0.2) is 18.2 Å². The van der Waals surface area contributed by atoms with E-state index in [1.165, 1.54) is 11.8 Å². The van der Waals surface area contributed by atoms with Crippen molar-refractivity contribution in [2.24, 2.45) is 5.73 Å². The van der Waals surface area contributed by atoms with Crippen molar-refractivity contribution in [3.63, 3.8) is 0 Å². The average molecular weight is 299 g/mol. The van der Waals surface area contributed by atoms with Crippen LogP contribution in [-0.2, 0) is 10.5 Å². The molecule has 0 fully saturated rings. The third-order valence-corrected chi connectivity index (χ3v) is 4.56. The summed E-state index contributed by atoms with van der Waals surface area (Å²) in [6, 6.07) is 4.61. The number of hydrogen-bond donors (Lipinski definition) is 2. The Balaban J connectivity index is 2.85. The van der Waals surface area contributed by atoms with E-state index in [1.807, 2.05) is 32.0 Å². The number of methoxy groups -OCH3 is 2. The van der Waals surface area contributed by atoms with Gasteiger partial charge in [0.1, 0.15) is 17.5 Å². The zero-order valence-electron chi connectivity index (χ0n) is 12.2. The Morgan fingerprint density at radius 2 is 2.05 bits per heavy atom. The number of nitrogens with two attached hydrogens (primary N) is 1. The Morgan fingerprint density at radius 1 is 1.40 bits per heavy atom. The van der Waals surface area contributed by atoms with Crippen molar-refractivity contribution in [2.45, 2.75) is 30.4 Å². The van der Waals surface area contributed by atoms with Gasteiger partial charge in [-0.05, 0) is 32.0 Å². The van der Waals surface area contributed by atoms with E-state index in [-0.39, 0.29) is 0 Å². The Bertz CT molecular complexity index is 476. The largest absolute Gasteiger partial charge is 0.497 e. The maximum absolute atomic E-state index is 11.0. The predicted molar refractivity (Wildman–Crippen MR) is 80.5 cm³/mol. The molecular weight excluding hydrogens is 278 g/mol. The highest BCUT2D eigenvalue weighted by Crippen LogP contribution is 2.34. The molecular formula is C14H21NO4S. The first-order chi connectivity index (χ1) is 9.31. The van der Waals surface area contributed by atoms with E-state index in [9.17, 15) is 4.79 Å². The second kappa shape index (κ2) is 6.85. The Morgan fingerprint density at radius 3 is 2.55 bits per heavy atom. The number of rotatable bonds is 7. The second-order valence-corrected chi connectivity index (χ2v) is 6.52. The Kier molecular flexibility index (Phi) is 5.71. The molecule has 6 heteroatoms. The summed E-state index contributed by atoms with van der Waals surface area (Å²) in [5.74, 6) is 1.08. The first-order valence-electron chi connectivity index (χ1n) is 6.15. The number of aliphatic carboxylic acids is 1. The molecule has 0 bridgehead atoms. The number of carboxylic acids is 1. The number of thioether (sulfide) groups is 1. The van der Waals surface area contributed by atoms with Gasteiger partial charge in [-0.15, -0.1) is 11.8 Å². The van der Waals surface area contributed by atoms with Crippen LogP contribution >= 0.6 is 11.8 Å². The van der Waals surface area contributed by atoms with Gasteiger partial charge in [-0.1, -0.05) is 0 Å². The molecule has 0 saturated heterocycles. The molecule has 1 aromatic carbocycles. The first kappa shape index (κ1) is 16.7. The normalized spacial score (nSPS) is 12.8. The molecule has 0 aliphatic heterocycles. The van der Waals surface area contributed by atoms with Crippen LogP contribution in [0.2, 0.25) is 0 Å². The SMILES string of the molecule is COc1ccc(OC)c(CSC(C)(C)[C@H](N)C(=O)O)c1. The summed E-state index contributed by atoms with van der Waals surface area (Å²) >= 11 is 1.48. The summed E-state index contributed by atoms with van der Waals surface area (Å²) in [4.78, 5) is 11.0. The zero-order valence-corrected chi connectivity index (χ0v) is 13.0. The van der Waals surface area contributed by atoms with Gasteiger partial charge in [-0.2, -0.15) is 0 Å². The number of hydrogen-bond acceptors (Lipinski definition) is 5. The molecule has 0 aromatic heterocycles. The Hall–Kier alpha value is -1.40. The van der Waals surface area contributed by atoms with E-state index >= 15 is 0 Å². The molecule has 0 saturated carbocycles. The van der Waals surface area contributed by atoms with Gasteiger partial charge in [0.2, 0.25) is 0 Å². The van der Waals surface area contributed by atoms with Gasteiger partial charge in [-0.25, -0.2) is 0 Å². The van der Waals surface area contributed by atoms with Crippen LogP contribution in [0.3, 0.4) is 0 Å². The zero-order chi connectivity index (χ0) is 15.3. The maximum Gasteiger partial charge on any atom is 0.321 e. The van der Waals surface area contributed by atoms with Crippen LogP contribution in [0.25, 0.3) is 0 Å². The fourth-order valence-electron chi connectivity index (χ4n) is 1.65. The minimum atomic E-state index is -1.000. The number of ether oxygens (including phenoxy) is 2. The molecule has 1 rings (SSSR count). The summed E-state index contributed by atoms with van der Waals surface area (Å²) in [6.07, 6.45) is 0. The number of carbonyl (C=O) groups is 1. The Labute approximate surface area is 123 Å². The van der Waals surface area contributed by atoms with Crippen molar-refractivity contribution >= 4 is 17.7 Å². The summed E-state index contributed by atoms with van der Waals surface area (Å²) < 4.78 is 9.91. The van der Waals surface area contributed by atoms with Crippen molar-refractivity contribution in [1.82, 2.24) is 0 Å². The van der Waals surface area contributed by atoms with E-state index < -0.39 is 16.8 Å². The molecule has 0 heterocycles. The van der Waals surface area contributed by atoms with Gasteiger partial charge in [0.05, 0.1) is 14.2 Å². The van der Waals surface area contributed by atoms with Gasteiger partial charge in [0.25, 0.3) is 0 Å². The molecule has 0 aliphatic carbocycles. The summed E-state index contributed by atoms with van der Waals surface area (Å²) in [5, 5.41) is 9.01.